The van der Waals surface area contributed by atoms with E-state index in [4.69, 9.17) is 4.74 Å². The molecular formula is C18H14N2O4. The average Bonchev–Trinajstić information content (AvgIpc) is 2.87. The molecule has 0 fully saturated rings. The molecule has 0 spiro atoms. The van der Waals surface area contributed by atoms with Crippen molar-refractivity contribution in [3.05, 3.63) is 77.5 Å². The van der Waals surface area contributed by atoms with Gasteiger partial charge in [0, 0.05) is 17.8 Å². The SMILES string of the molecule is COc1ccc(C(=O)C=CNN2C(=O)c3ccccc3C2=O)cc1. The first-order valence-electron chi connectivity index (χ1n) is 7.20. The number of fused-ring (bicyclic) bond motifs is 1. The second kappa shape index (κ2) is 6.37. The molecule has 3 rings (SSSR count). The normalized spacial score (nSPS) is 13.3. The summed E-state index contributed by atoms with van der Waals surface area (Å²) in [5, 5.41) is 0.877. The lowest BCUT2D eigenvalue weighted by Crippen LogP contribution is -2.39. The van der Waals surface area contributed by atoms with Gasteiger partial charge in [-0.15, -0.1) is 0 Å². The maximum Gasteiger partial charge on any atom is 0.280 e. The van der Waals surface area contributed by atoms with Crippen LogP contribution in [0.25, 0.3) is 0 Å². The molecule has 2 aromatic carbocycles. The van der Waals surface area contributed by atoms with Gasteiger partial charge in [0.05, 0.1) is 18.2 Å². The summed E-state index contributed by atoms with van der Waals surface area (Å²) >= 11 is 0. The number of imide groups is 1. The van der Waals surface area contributed by atoms with E-state index in [0.717, 1.165) is 5.01 Å². The number of carbonyl (C=O) groups excluding carboxylic acids is 3. The molecule has 2 amide bonds. The lowest BCUT2D eigenvalue weighted by molar-refractivity contribution is 0.0598. The Morgan fingerprint density at radius 3 is 2.12 bits per heavy atom. The van der Waals surface area contributed by atoms with E-state index in [1.165, 1.54) is 12.3 Å². The maximum absolute atomic E-state index is 12.1. The number of nitrogens with zero attached hydrogens (tertiary/aromatic N) is 1. The van der Waals surface area contributed by atoms with Crippen molar-refractivity contribution in [3.8, 4) is 5.75 Å². The Kier molecular flexibility index (Phi) is 4.11. The number of allylic oxidation sites excluding steroid dienone is 1. The summed E-state index contributed by atoms with van der Waals surface area (Å²) in [6, 6.07) is 13.2. The van der Waals surface area contributed by atoms with Crippen LogP contribution in [-0.4, -0.2) is 29.7 Å². The highest BCUT2D eigenvalue weighted by atomic mass is 16.5. The molecule has 0 saturated carbocycles. The largest absolute Gasteiger partial charge is 0.497 e. The number of ether oxygens (including phenoxy) is 1. The van der Waals surface area contributed by atoms with Crippen molar-refractivity contribution in [1.82, 2.24) is 10.4 Å². The van der Waals surface area contributed by atoms with Crippen LogP contribution >= 0.6 is 0 Å². The van der Waals surface area contributed by atoms with Crippen molar-refractivity contribution in [3.63, 3.8) is 0 Å². The number of hydrazine groups is 1. The second-order valence-corrected chi connectivity index (χ2v) is 5.05. The third kappa shape index (κ3) is 2.77. The summed E-state index contributed by atoms with van der Waals surface area (Å²) in [6.45, 7) is 0. The smallest absolute Gasteiger partial charge is 0.280 e. The van der Waals surface area contributed by atoms with Gasteiger partial charge in [0.15, 0.2) is 5.78 Å². The molecule has 6 nitrogen and oxygen atoms in total. The van der Waals surface area contributed by atoms with Gasteiger partial charge in [-0.3, -0.25) is 19.8 Å². The highest BCUT2D eigenvalue weighted by molar-refractivity contribution is 6.21. The zero-order valence-corrected chi connectivity index (χ0v) is 12.9. The number of ketones is 1. The van der Waals surface area contributed by atoms with Crippen molar-refractivity contribution in [2.45, 2.75) is 0 Å². The molecule has 0 aliphatic carbocycles. The Morgan fingerprint density at radius 1 is 1.00 bits per heavy atom. The van der Waals surface area contributed by atoms with E-state index in [1.807, 2.05) is 0 Å². The predicted octanol–water partition coefficient (Wildman–Crippen LogP) is 2.19. The summed E-state index contributed by atoms with van der Waals surface area (Å²) in [5.74, 6) is -0.504. The van der Waals surface area contributed by atoms with Gasteiger partial charge in [0.1, 0.15) is 5.75 Å². The van der Waals surface area contributed by atoms with Crippen molar-refractivity contribution in [2.24, 2.45) is 0 Å². The van der Waals surface area contributed by atoms with E-state index in [2.05, 4.69) is 5.43 Å². The molecule has 120 valence electrons. The predicted molar refractivity (Wildman–Crippen MR) is 86.5 cm³/mol. The Bertz CT molecular complexity index is 805. The number of rotatable bonds is 5. The summed E-state index contributed by atoms with van der Waals surface area (Å²) in [6.07, 6.45) is 2.53. The highest BCUT2D eigenvalue weighted by Gasteiger charge is 2.34. The monoisotopic (exact) mass is 322 g/mol. The molecular weight excluding hydrogens is 308 g/mol. The summed E-state index contributed by atoms with van der Waals surface area (Å²) < 4.78 is 5.03. The van der Waals surface area contributed by atoms with Crippen LogP contribution in [0.5, 0.6) is 5.75 Å². The topological polar surface area (TPSA) is 75.7 Å². The number of benzene rings is 2. The summed E-state index contributed by atoms with van der Waals surface area (Å²) in [5.41, 5.74) is 3.70. The van der Waals surface area contributed by atoms with Crippen LogP contribution in [0.1, 0.15) is 31.1 Å². The first-order valence-corrected chi connectivity index (χ1v) is 7.20. The van der Waals surface area contributed by atoms with Crippen molar-refractivity contribution in [1.29, 1.82) is 0 Å². The molecule has 0 aromatic heterocycles. The number of hydrogen-bond donors (Lipinski definition) is 1. The molecule has 1 heterocycles. The van der Waals surface area contributed by atoms with Crippen LogP contribution in [0.15, 0.2) is 60.8 Å². The van der Waals surface area contributed by atoms with Gasteiger partial charge in [-0.25, -0.2) is 0 Å². The Balaban J connectivity index is 1.67. The van der Waals surface area contributed by atoms with Gasteiger partial charge in [0.25, 0.3) is 11.8 Å². The highest BCUT2D eigenvalue weighted by Crippen LogP contribution is 2.20. The van der Waals surface area contributed by atoms with Crippen molar-refractivity contribution >= 4 is 17.6 Å². The quantitative estimate of drug-likeness (QED) is 0.519. The van der Waals surface area contributed by atoms with Crippen LogP contribution in [-0.2, 0) is 0 Å². The van der Waals surface area contributed by atoms with E-state index >= 15 is 0 Å². The number of nitrogens with one attached hydrogen (secondary N) is 1. The molecule has 0 radical (unpaired) electrons. The number of carbonyl (C=O) groups is 3. The minimum Gasteiger partial charge on any atom is -0.497 e. The fraction of sp³-hybridized carbons (Fsp3) is 0.0556. The van der Waals surface area contributed by atoms with Crippen LogP contribution in [0.2, 0.25) is 0 Å². The Morgan fingerprint density at radius 2 is 1.58 bits per heavy atom. The zero-order valence-electron chi connectivity index (χ0n) is 12.9. The van der Waals surface area contributed by atoms with Gasteiger partial charge in [-0.2, -0.15) is 5.01 Å². The minimum absolute atomic E-state index is 0.262. The van der Waals surface area contributed by atoms with Crippen molar-refractivity contribution in [2.75, 3.05) is 7.11 Å². The Labute approximate surface area is 138 Å². The minimum atomic E-state index is -0.447. The van der Waals surface area contributed by atoms with Gasteiger partial charge < -0.3 is 4.74 Å². The van der Waals surface area contributed by atoms with E-state index in [0.29, 0.717) is 22.4 Å². The second-order valence-electron chi connectivity index (χ2n) is 5.05. The van der Waals surface area contributed by atoms with Crippen LogP contribution in [0.4, 0.5) is 0 Å². The molecule has 0 atom stereocenters. The van der Waals surface area contributed by atoms with Gasteiger partial charge >= 0.3 is 0 Å². The fourth-order valence-electron chi connectivity index (χ4n) is 2.35. The third-order valence-corrected chi connectivity index (χ3v) is 3.61. The summed E-state index contributed by atoms with van der Waals surface area (Å²) in [4.78, 5) is 36.3. The first kappa shape index (κ1) is 15.5. The molecule has 2 aromatic rings. The Hall–Kier alpha value is -3.41. The molecule has 24 heavy (non-hydrogen) atoms. The van der Waals surface area contributed by atoms with E-state index in [-0.39, 0.29) is 5.78 Å². The maximum atomic E-state index is 12.1. The van der Waals surface area contributed by atoms with Gasteiger partial charge in [0.2, 0.25) is 0 Å². The molecule has 0 saturated heterocycles. The lowest BCUT2D eigenvalue weighted by Gasteiger charge is -2.12. The van der Waals surface area contributed by atoms with E-state index < -0.39 is 11.8 Å². The standard InChI is InChI=1S/C18H14N2O4/c1-24-13-8-6-12(7-9-13)16(21)10-11-19-20-17(22)14-4-2-3-5-15(14)18(20)23/h2-11,19H,1H3. The zero-order chi connectivity index (χ0) is 17.1. The molecule has 6 heteroatoms. The molecule has 1 aliphatic heterocycles. The van der Waals surface area contributed by atoms with Crippen LogP contribution in [0, 0.1) is 0 Å². The molecule has 1 aliphatic rings. The van der Waals surface area contributed by atoms with E-state index in [9.17, 15) is 14.4 Å². The lowest BCUT2D eigenvalue weighted by atomic mass is 10.1. The first-order chi connectivity index (χ1) is 11.6. The fourth-order valence-corrected chi connectivity index (χ4v) is 2.35. The average molecular weight is 322 g/mol. The molecule has 0 unspecified atom stereocenters. The number of amides is 2. The summed E-state index contributed by atoms with van der Waals surface area (Å²) in [7, 11) is 1.54. The molecule has 0 bridgehead atoms. The molecule has 1 N–H and O–H groups in total. The number of hydrogen-bond acceptors (Lipinski definition) is 5. The van der Waals surface area contributed by atoms with Crippen LogP contribution in [0.3, 0.4) is 0 Å². The number of methoxy groups -OCH3 is 1. The van der Waals surface area contributed by atoms with E-state index in [1.54, 1.807) is 55.6 Å². The van der Waals surface area contributed by atoms with Gasteiger partial charge in [-0.1, -0.05) is 12.1 Å². The third-order valence-electron chi connectivity index (χ3n) is 3.61. The van der Waals surface area contributed by atoms with Gasteiger partial charge in [-0.05, 0) is 36.4 Å². The van der Waals surface area contributed by atoms with Crippen molar-refractivity contribution < 1.29 is 19.1 Å². The van der Waals surface area contributed by atoms with Crippen LogP contribution < -0.4 is 10.2 Å².